The fourth-order valence-electron chi connectivity index (χ4n) is 2.00. The normalized spacial score (nSPS) is 27.4. The third-order valence-electron chi connectivity index (χ3n) is 3.43. The van der Waals surface area contributed by atoms with Gasteiger partial charge in [0.25, 0.3) is 0 Å². The molecule has 0 spiro atoms. The lowest BCUT2D eigenvalue weighted by Crippen LogP contribution is -2.50. The zero-order valence-electron chi connectivity index (χ0n) is 10.8. The number of aryl methyl sites for hydroxylation is 1. The van der Waals surface area contributed by atoms with Crippen LogP contribution >= 0.6 is 0 Å². The van der Waals surface area contributed by atoms with Gasteiger partial charge in [-0.15, -0.1) is 0 Å². The molecule has 3 N–H and O–H groups in total. The molecule has 0 aromatic carbocycles. The number of amides is 1. The monoisotopic (exact) mass is 252 g/mol. The Kier molecular flexibility index (Phi) is 3.68. The molecule has 2 atom stereocenters. The standard InChI is InChI=1S/C12H20N4O2/c1-9-5-15-16(6-9)4-3-14-11(17)12(2)8-18-7-10(12)13/h5-6,10H,3-4,7-8,13H2,1-2H3,(H,14,17). The molecule has 1 saturated heterocycles. The molecule has 6 heteroatoms. The number of carbonyl (C=O) groups is 1. The molecule has 0 saturated carbocycles. The third kappa shape index (κ3) is 2.54. The molecule has 100 valence electrons. The van der Waals surface area contributed by atoms with E-state index in [0.717, 1.165) is 5.56 Å². The van der Waals surface area contributed by atoms with E-state index in [2.05, 4.69) is 10.4 Å². The zero-order valence-corrected chi connectivity index (χ0v) is 10.8. The third-order valence-corrected chi connectivity index (χ3v) is 3.43. The quantitative estimate of drug-likeness (QED) is 0.769. The Labute approximate surface area is 106 Å². The van der Waals surface area contributed by atoms with Crippen molar-refractivity contribution >= 4 is 5.91 Å². The molecule has 6 nitrogen and oxygen atoms in total. The fourth-order valence-corrected chi connectivity index (χ4v) is 2.00. The van der Waals surface area contributed by atoms with Crippen molar-refractivity contribution in [3.05, 3.63) is 18.0 Å². The largest absolute Gasteiger partial charge is 0.379 e. The van der Waals surface area contributed by atoms with E-state index in [1.165, 1.54) is 0 Å². The summed E-state index contributed by atoms with van der Waals surface area (Å²) in [5, 5.41) is 7.05. The molecule has 1 amide bonds. The number of carbonyl (C=O) groups excluding carboxylic acids is 1. The molecule has 18 heavy (non-hydrogen) atoms. The summed E-state index contributed by atoms with van der Waals surface area (Å²) in [5.74, 6) is -0.0450. The summed E-state index contributed by atoms with van der Waals surface area (Å²) in [6.45, 7) is 5.87. The Balaban J connectivity index is 1.81. The van der Waals surface area contributed by atoms with E-state index in [9.17, 15) is 4.79 Å². The van der Waals surface area contributed by atoms with Gasteiger partial charge in [0.15, 0.2) is 0 Å². The van der Waals surface area contributed by atoms with E-state index in [-0.39, 0.29) is 11.9 Å². The van der Waals surface area contributed by atoms with E-state index in [1.807, 2.05) is 24.7 Å². The molecule has 0 radical (unpaired) electrons. The minimum Gasteiger partial charge on any atom is -0.379 e. The summed E-state index contributed by atoms with van der Waals surface area (Å²) >= 11 is 0. The lowest BCUT2D eigenvalue weighted by Gasteiger charge is -2.25. The molecule has 1 aromatic heterocycles. The van der Waals surface area contributed by atoms with Crippen LogP contribution in [0.3, 0.4) is 0 Å². The average Bonchev–Trinajstić information content (AvgIpc) is 2.88. The van der Waals surface area contributed by atoms with E-state index >= 15 is 0 Å². The van der Waals surface area contributed by atoms with Crippen LogP contribution in [0.2, 0.25) is 0 Å². The SMILES string of the molecule is Cc1cnn(CCNC(=O)C2(C)COCC2N)c1. The highest BCUT2D eigenvalue weighted by molar-refractivity contribution is 5.83. The Bertz CT molecular complexity index is 431. The second-order valence-corrected chi connectivity index (χ2v) is 5.08. The summed E-state index contributed by atoms with van der Waals surface area (Å²) in [6, 6.07) is -0.232. The Morgan fingerprint density at radius 1 is 1.78 bits per heavy atom. The van der Waals surface area contributed by atoms with Crippen molar-refractivity contribution < 1.29 is 9.53 Å². The highest BCUT2D eigenvalue weighted by atomic mass is 16.5. The first kappa shape index (κ1) is 13.0. The van der Waals surface area contributed by atoms with Crippen molar-refractivity contribution in [3.8, 4) is 0 Å². The summed E-state index contributed by atoms with van der Waals surface area (Å²) in [5.41, 5.74) is 6.40. The van der Waals surface area contributed by atoms with Gasteiger partial charge in [-0.1, -0.05) is 0 Å². The first-order valence-corrected chi connectivity index (χ1v) is 6.13. The van der Waals surface area contributed by atoms with Crippen molar-refractivity contribution in [1.29, 1.82) is 0 Å². The summed E-state index contributed by atoms with van der Waals surface area (Å²) in [6.07, 6.45) is 3.74. The van der Waals surface area contributed by atoms with Gasteiger partial charge in [-0.3, -0.25) is 9.48 Å². The smallest absolute Gasteiger partial charge is 0.230 e. The second-order valence-electron chi connectivity index (χ2n) is 5.08. The van der Waals surface area contributed by atoms with Crippen LogP contribution in [-0.2, 0) is 16.1 Å². The van der Waals surface area contributed by atoms with Crippen LogP contribution in [-0.4, -0.2) is 41.5 Å². The fraction of sp³-hybridized carbons (Fsp3) is 0.667. The van der Waals surface area contributed by atoms with Gasteiger partial charge in [0, 0.05) is 18.8 Å². The first-order chi connectivity index (χ1) is 8.52. The number of nitrogens with one attached hydrogen (secondary N) is 1. The number of nitrogens with zero attached hydrogens (tertiary/aromatic N) is 2. The van der Waals surface area contributed by atoms with Crippen LogP contribution in [0.15, 0.2) is 12.4 Å². The molecule has 2 heterocycles. The van der Waals surface area contributed by atoms with Crippen molar-refractivity contribution in [2.24, 2.45) is 11.1 Å². The molecular formula is C12H20N4O2. The topological polar surface area (TPSA) is 82.2 Å². The first-order valence-electron chi connectivity index (χ1n) is 6.13. The Morgan fingerprint density at radius 2 is 2.56 bits per heavy atom. The van der Waals surface area contributed by atoms with E-state index < -0.39 is 5.41 Å². The molecule has 1 aliphatic rings. The van der Waals surface area contributed by atoms with Crippen LogP contribution in [0.25, 0.3) is 0 Å². The van der Waals surface area contributed by atoms with Crippen LogP contribution in [0, 0.1) is 12.3 Å². The van der Waals surface area contributed by atoms with Gasteiger partial charge in [-0.05, 0) is 19.4 Å². The lowest BCUT2D eigenvalue weighted by atomic mass is 9.85. The highest BCUT2D eigenvalue weighted by Gasteiger charge is 2.44. The van der Waals surface area contributed by atoms with Crippen LogP contribution in [0.4, 0.5) is 0 Å². The van der Waals surface area contributed by atoms with Crippen molar-refractivity contribution in [2.75, 3.05) is 19.8 Å². The van der Waals surface area contributed by atoms with Crippen LogP contribution in [0.1, 0.15) is 12.5 Å². The molecule has 0 aliphatic carbocycles. The van der Waals surface area contributed by atoms with Crippen LogP contribution < -0.4 is 11.1 Å². The van der Waals surface area contributed by atoms with Crippen LogP contribution in [0.5, 0.6) is 0 Å². The maximum atomic E-state index is 12.1. The molecule has 2 rings (SSSR count). The predicted molar refractivity (Wildman–Crippen MR) is 66.9 cm³/mol. The van der Waals surface area contributed by atoms with Gasteiger partial charge in [-0.25, -0.2) is 0 Å². The number of hydrogen-bond acceptors (Lipinski definition) is 4. The molecule has 1 aliphatic heterocycles. The highest BCUT2D eigenvalue weighted by Crippen LogP contribution is 2.26. The molecule has 2 unspecified atom stereocenters. The zero-order chi connectivity index (χ0) is 13.2. The Hall–Kier alpha value is -1.40. The van der Waals surface area contributed by atoms with Crippen molar-refractivity contribution in [1.82, 2.24) is 15.1 Å². The Morgan fingerprint density at radius 3 is 3.11 bits per heavy atom. The number of aromatic nitrogens is 2. The number of nitrogens with two attached hydrogens (primary N) is 1. The molecular weight excluding hydrogens is 232 g/mol. The molecule has 0 bridgehead atoms. The molecule has 1 fully saturated rings. The van der Waals surface area contributed by atoms with Gasteiger partial charge >= 0.3 is 0 Å². The van der Waals surface area contributed by atoms with E-state index in [1.54, 1.807) is 6.20 Å². The maximum absolute atomic E-state index is 12.1. The van der Waals surface area contributed by atoms with Crippen molar-refractivity contribution in [2.45, 2.75) is 26.4 Å². The van der Waals surface area contributed by atoms with Gasteiger partial charge in [0.05, 0.1) is 31.4 Å². The van der Waals surface area contributed by atoms with Crippen molar-refractivity contribution in [3.63, 3.8) is 0 Å². The summed E-state index contributed by atoms with van der Waals surface area (Å²) < 4.78 is 7.07. The maximum Gasteiger partial charge on any atom is 0.230 e. The van der Waals surface area contributed by atoms with E-state index in [4.69, 9.17) is 10.5 Å². The molecule has 1 aromatic rings. The summed E-state index contributed by atoms with van der Waals surface area (Å²) in [4.78, 5) is 12.1. The average molecular weight is 252 g/mol. The lowest BCUT2D eigenvalue weighted by molar-refractivity contribution is -0.130. The predicted octanol–water partition coefficient (Wildman–Crippen LogP) is -0.328. The van der Waals surface area contributed by atoms with E-state index in [0.29, 0.717) is 26.3 Å². The van der Waals surface area contributed by atoms with Gasteiger partial charge in [0.1, 0.15) is 0 Å². The van der Waals surface area contributed by atoms with Gasteiger partial charge in [-0.2, -0.15) is 5.10 Å². The van der Waals surface area contributed by atoms with Gasteiger partial charge in [0.2, 0.25) is 5.91 Å². The second kappa shape index (κ2) is 5.07. The number of ether oxygens (including phenoxy) is 1. The number of hydrogen-bond donors (Lipinski definition) is 2. The minimum atomic E-state index is -0.611. The number of rotatable bonds is 4. The van der Waals surface area contributed by atoms with Gasteiger partial charge < -0.3 is 15.8 Å². The minimum absolute atomic E-state index is 0.0450. The summed E-state index contributed by atoms with van der Waals surface area (Å²) in [7, 11) is 0.